The molecule has 0 fully saturated rings. The standard InChI is InChI=1S/C17H15F3O/c1-10-8-11(2)15(12(3)9-10)16(21)13-6-4-5-7-14(13)17(18,19)20/h4-9H,1-3H3. The molecule has 2 rings (SSSR count). The summed E-state index contributed by atoms with van der Waals surface area (Å²) in [6.07, 6.45) is -4.54. The van der Waals surface area contributed by atoms with Gasteiger partial charge in [-0.05, 0) is 38.0 Å². The molecule has 0 saturated carbocycles. The number of carbonyl (C=O) groups is 1. The zero-order chi connectivity index (χ0) is 15.8. The zero-order valence-electron chi connectivity index (χ0n) is 12.0. The van der Waals surface area contributed by atoms with Gasteiger partial charge in [0.25, 0.3) is 0 Å². The third-order valence-corrected chi connectivity index (χ3v) is 3.38. The number of carbonyl (C=O) groups excluding carboxylic acids is 1. The Morgan fingerprint density at radius 2 is 1.48 bits per heavy atom. The fraction of sp³-hybridized carbons (Fsp3) is 0.235. The molecule has 0 aliphatic carbocycles. The van der Waals surface area contributed by atoms with Gasteiger partial charge in [0.15, 0.2) is 5.78 Å². The molecule has 4 heteroatoms. The molecule has 0 radical (unpaired) electrons. The van der Waals surface area contributed by atoms with Crippen LogP contribution in [0.15, 0.2) is 36.4 Å². The van der Waals surface area contributed by atoms with Crippen LogP contribution in [0.4, 0.5) is 13.2 Å². The number of halogens is 3. The van der Waals surface area contributed by atoms with Gasteiger partial charge in [0.1, 0.15) is 0 Å². The molecule has 0 unspecified atom stereocenters. The van der Waals surface area contributed by atoms with E-state index in [9.17, 15) is 18.0 Å². The van der Waals surface area contributed by atoms with Gasteiger partial charge in [0.2, 0.25) is 0 Å². The second kappa shape index (κ2) is 5.35. The molecule has 0 bridgehead atoms. The van der Waals surface area contributed by atoms with E-state index in [1.54, 1.807) is 26.0 Å². The van der Waals surface area contributed by atoms with E-state index in [0.717, 1.165) is 11.6 Å². The lowest BCUT2D eigenvalue weighted by atomic mass is 9.91. The number of rotatable bonds is 2. The van der Waals surface area contributed by atoms with Crippen LogP contribution in [0.3, 0.4) is 0 Å². The highest BCUT2D eigenvalue weighted by Crippen LogP contribution is 2.33. The maximum atomic E-state index is 13.0. The Bertz CT molecular complexity index is 676. The summed E-state index contributed by atoms with van der Waals surface area (Å²) in [6, 6.07) is 8.50. The van der Waals surface area contributed by atoms with Crippen molar-refractivity contribution in [2.75, 3.05) is 0 Å². The Kier molecular flexibility index (Phi) is 3.90. The fourth-order valence-electron chi connectivity index (χ4n) is 2.60. The Morgan fingerprint density at radius 1 is 0.952 bits per heavy atom. The average Bonchev–Trinajstić information content (AvgIpc) is 2.36. The summed E-state index contributed by atoms with van der Waals surface area (Å²) in [5.41, 5.74) is 1.50. The highest BCUT2D eigenvalue weighted by Gasteiger charge is 2.35. The van der Waals surface area contributed by atoms with Gasteiger partial charge in [-0.1, -0.05) is 35.9 Å². The summed E-state index contributed by atoms with van der Waals surface area (Å²) in [7, 11) is 0. The van der Waals surface area contributed by atoms with Crippen LogP contribution in [0.2, 0.25) is 0 Å². The summed E-state index contributed by atoms with van der Waals surface area (Å²) in [5.74, 6) is -0.585. The van der Waals surface area contributed by atoms with E-state index in [4.69, 9.17) is 0 Å². The van der Waals surface area contributed by atoms with Crippen molar-refractivity contribution in [1.82, 2.24) is 0 Å². The first kappa shape index (κ1) is 15.3. The normalized spacial score (nSPS) is 11.5. The monoisotopic (exact) mass is 292 g/mol. The Hall–Kier alpha value is -2.10. The van der Waals surface area contributed by atoms with Gasteiger partial charge in [-0.15, -0.1) is 0 Å². The SMILES string of the molecule is Cc1cc(C)c(C(=O)c2ccccc2C(F)(F)F)c(C)c1. The average molecular weight is 292 g/mol. The van der Waals surface area contributed by atoms with Crippen molar-refractivity contribution in [1.29, 1.82) is 0 Å². The van der Waals surface area contributed by atoms with Crippen molar-refractivity contribution in [2.45, 2.75) is 26.9 Å². The molecule has 110 valence electrons. The lowest BCUT2D eigenvalue weighted by molar-refractivity contribution is -0.137. The largest absolute Gasteiger partial charge is 0.417 e. The second-order valence-corrected chi connectivity index (χ2v) is 5.15. The highest BCUT2D eigenvalue weighted by atomic mass is 19.4. The van der Waals surface area contributed by atoms with Crippen molar-refractivity contribution in [3.8, 4) is 0 Å². The van der Waals surface area contributed by atoms with Crippen LogP contribution in [-0.2, 0) is 6.18 Å². The Balaban J connectivity index is 2.62. The van der Waals surface area contributed by atoms with E-state index in [1.165, 1.54) is 18.2 Å². The lowest BCUT2D eigenvalue weighted by Crippen LogP contribution is -2.15. The predicted octanol–water partition coefficient (Wildman–Crippen LogP) is 4.86. The topological polar surface area (TPSA) is 17.1 Å². The van der Waals surface area contributed by atoms with Gasteiger partial charge < -0.3 is 0 Å². The molecule has 1 nitrogen and oxygen atoms in total. The van der Waals surface area contributed by atoms with E-state index in [0.29, 0.717) is 16.7 Å². The molecule has 0 amide bonds. The first-order valence-electron chi connectivity index (χ1n) is 6.50. The van der Waals surface area contributed by atoms with E-state index in [-0.39, 0.29) is 5.56 Å². The Labute approximate surface area is 121 Å². The van der Waals surface area contributed by atoms with Crippen LogP contribution in [0.25, 0.3) is 0 Å². The van der Waals surface area contributed by atoms with Gasteiger partial charge in [-0.25, -0.2) is 0 Å². The predicted molar refractivity (Wildman–Crippen MR) is 75.5 cm³/mol. The molecule has 0 N–H and O–H groups in total. The number of alkyl halides is 3. The van der Waals surface area contributed by atoms with Crippen molar-refractivity contribution in [3.05, 3.63) is 69.8 Å². The van der Waals surface area contributed by atoms with Gasteiger partial charge in [-0.3, -0.25) is 4.79 Å². The number of ketones is 1. The van der Waals surface area contributed by atoms with Crippen LogP contribution >= 0.6 is 0 Å². The molecule has 2 aromatic rings. The molecular weight excluding hydrogens is 277 g/mol. The molecule has 2 aromatic carbocycles. The Morgan fingerprint density at radius 3 is 2.00 bits per heavy atom. The molecule has 0 spiro atoms. The maximum Gasteiger partial charge on any atom is 0.417 e. The van der Waals surface area contributed by atoms with Crippen molar-refractivity contribution >= 4 is 5.78 Å². The quantitative estimate of drug-likeness (QED) is 0.722. The van der Waals surface area contributed by atoms with Gasteiger partial charge in [0.05, 0.1) is 5.56 Å². The minimum atomic E-state index is -4.54. The third kappa shape index (κ3) is 2.99. The summed E-state index contributed by atoms with van der Waals surface area (Å²) >= 11 is 0. The molecule has 0 aliphatic rings. The second-order valence-electron chi connectivity index (χ2n) is 5.15. The minimum absolute atomic E-state index is 0.306. The molecule has 0 aromatic heterocycles. The first-order valence-corrected chi connectivity index (χ1v) is 6.50. The van der Waals surface area contributed by atoms with Crippen LogP contribution in [0.5, 0.6) is 0 Å². The van der Waals surface area contributed by atoms with Crippen molar-refractivity contribution in [2.24, 2.45) is 0 Å². The van der Waals surface area contributed by atoms with E-state index < -0.39 is 17.5 Å². The molecule has 21 heavy (non-hydrogen) atoms. The summed E-state index contributed by atoms with van der Waals surface area (Å²) < 4.78 is 39.1. The highest BCUT2D eigenvalue weighted by molar-refractivity contribution is 6.11. The van der Waals surface area contributed by atoms with Crippen molar-refractivity contribution < 1.29 is 18.0 Å². The van der Waals surface area contributed by atoms with E-state index in [2.05, 4.69) is 0 Å². The first-order chi connectivity index (χ1) is 9.71. The number of benzene rings is 2. The van der Waals surface area contributed by atoms with Crippen LogP contribution in [-0.4, -0.2) is 5.78 Å². The van der Waals surface area contributed by atoms with Gasteiger partial charge in [-0.2, -0.15) is 13.2 Å². The van der Waals surface area contributed by atoms with Gasteiger partial charge >= 0.3 is 6.18 Å². The van der Waals surface area contributed by atoms with Gasteiger partial charge in [0, 0.05) is 11.1 Å². The fourth-order valence-corrected chi connectivity index (χ4v) is 2.60. The lowest BCUT2D eigenvalue weighted by Gasteiger charge is -2.15. The molecule has 0 heterocycles. The zero-order valence-corrected chi connectivity index (χ0v) is 12.0. The number of aryl methyl sites for hydroxylation is 3. The van der Waals surface area contributed by atoms with Crippen LogP contribution < -0.4 is 0 Å². The summed E-state index contributed by atoms with van der Waals surface area (Å²) in [6.45, 7) is 5.37. The molecule has 0 aliphatic heterocycles. The van der Waals surface area contributed by atoms with E-state index >= 15 is 0 Å². The molecule has 0 atom stereocenters. The molecule has 0 saturated heterocycles. The third-order valence-electron chi connectivity index (χ3n) is 3.38. The number of hydrogen-bond acceptors (Lipinski definition) is 1. The number of hydrogen-bond donors (Lipinski definition) is 0. The minimum Gasteiger partial charge on any atom is -0.289 e. The van der Waals surface area contributed by atoms with Crippen LogP contribution in [0.1, 0.15) is 38.2 Å². The smallest absolute Gasteiger partial charge is 0.289 e. The molecular formula is C17H15F3O. The summed E-state index contributed by atoms with van der Waals surface area (Å²) in [4.78, 5) is 12.6. The summed E-state index contributed by atoms with van der Waals surface area (Å²) in [5, 5.41) is 0. The van der Waals surface area contributed by atoms with Crippen molar-refractivity contribution in [3.63, 3.8) is 0 Å². The maximum absolute atomic E-state index is 13.0. The van der Waals surface area contributed by atoms with Crippen LogP contribution in [0, 0.1) is 20.8 Å². The van der Waals surface area contributed by atoms with E-state index in [1.807, 2.05) is 6.92 Å².